The topological polar surface area (TPSA) is 94.9 Å². The molecule has 3 aromatic carbocycles. The number of halogens is 2. The molecule has 1 atom stereocenters. The van der Waals surface area contributed by atoms with Gasteiger partial charge < -0.3 is 14.4 Å². The number of hydrogen-bond acceptors (Lipinski definition) is 5. The molecule has 0 fully saturated rings. The number of imidazole rings is 1. The number of nitrogens with zero attached hydrogens (tertiary/aromatic N) is 4. The lowest BCUT2D eigenvalue weighted by molar-refractivity contribution is 0.0218. The molecular formula is C26H18ClFN4O2. The van der Waals surface area contributed by atoms with Crippen LogP contribution in [0, 0.1) is 28.5 Å². The number of rotatable bonds is 6. The second-order valence-corrected chi connectivity index (χ2v) is 8.09. The maximum absolute atomic E-state index is 13.7. The Bertz CT molecular complexity index is 1440. The van der Waals surface area contributed by atoms with E-state index >= 15 is 0 Å². The van der Waals surface area contributed by atoms with Crippen LogP contribution in [-0.2, 0) is 12.6 Å². The maximum atomic E-state index is 13.7. The monoisotopic (exact) mass is 472 g/mol. The van der Waals surface area contributed by atoms with Gasteiger partial charge in [-0.2, -0.15) is 10.5 Å². The van der Waals surface area contributed by atoms with Crippen molar-refractivity contribution in [3.8, 4) is 29.0 Å². The van der Waals surface area contributed by atoms with E-state index in [1.165, 1.54) is 12.1 Å². The van der Waals surface area contributed by atoms with Crippen molar-refractivity contribution in [3.63, 3.8) is 0 Å². The zero-order valence-electron chi connectivity index (χ0n) is 18.0. The van der Waals surface area contributed by atoms with Crippen LogP contribution in [0.3, 0.4) is 0 Å². The molecule has 34 heavy (non-hydrogen) atoms. The van der Waals surface area contributed by atoms with E-state index < -0.39 is 11.4 Å². The summed E-state index contributed by atoms with van der Waals surface area (Å²) < 4.78 is 21.5. The quantitative estimate of drug-likeness (QED) is 0.429. The number of ether oxygens (including phenoxy) is 1. The number of benzene rings is 3. The summed E-state index contributed by atoms with van der Waals surface area (Å²) in [4.78, 5) is 4.12. The highest BCUT2D eigenvalue weighted by Crippen LogP contribution is 2.36. The summed E-state index contributed by atoms with van der Waals surface area (Å²) in [7, 11) is 1.75. The number of nitriles is 2. The molecule has 0 saturated heterocycles. The zero-order chi connectivity index (χ0) is 24.3. The molecule has 0 spiro atoms. The second-order valence-electron chi connectivity index (χ2n) is 7.68. The predicted molar refractivity (Wildman–Crippen MR) is 124 cm³/mol. The highest BCUT2D eigenvalue weighted by molar-refractivity contribution is 6.31. The van der Waals surface area contributed by atoms with E-state index in [1.807, 2.05) is 0 Å². The van der Waals surface area contributed by atoms with Crippen LogP contribution in [0.5, 0.6) is 5.75 Å². The van der Waals surface area contributed by atoms with Gasteiger partial charge in [-0.3, -0.25) is 0 Å². The van der Waals surface area contributed by atoms with Gasteiger partial charge in [0.2, 0.25) is 0 Å². The molecule has 1 N–H and O–H groups in total. The summed E-state index contributed by atoms with van der Waals surface area (Å²) in [5, 5.41) is 30.2. The zero-order valence-corrected chi connectivity index (χ0v) is 18.8. The number of aryl methyl sites for hydroxylation is 1. The molecule has 4 aromatic rings. The molecule has 0 aliphatic rings. The van der Waals surface area contributed by atoms with Crippen LogP contribution in [0.15, 0.2) is 73.2 Å². The van der Waals surface area contributed by atoms with Gasteiger partial charge in [0.1, 0.15) is 18.2 Å². The molecule has 168 valence electrons. The maximum Gasteiger partial charge on any atom is 0.165 e. The van der Waals surface area contributed by atoms with Gasteiger partial charge in [-0.05, 0) is 53.6 Å². The Balaban J connectivity index is 1.76. The van der Waals surface area contributed by atoms with Gasteiger partial charge in [0.05, 0.1) is 46.5 Å². The fraction of sp³-hybridized carbons (Fsp3) is 0.115. The number of aromatic nitrogens is 2. The summed E-state index contributed by atoms with van der Waals surface area (Å²) in [6.07, 6.45) is 3.11. The third-order valence-electron chi connectivity index (χ3n) is 5.51. The van der Waals surface area contributed by atoms with Gasteiger partial charge in [0.15, 0.2) is 5.60 Å². The molecule has 0 saturated carbocycles. The first-order valence-electron chi connectivity index (χ1n) is 10.2. The summed E-state index contributed by atoms with van der Waals surface area (Å²) in [6, 6.07) is 19.7. The van der Waals surface area contributed by atoms with Crippen molar-refractivity contribution in [3.05, 3.63) is 106 Å². The van der Waals surface area contributed by atoms with Crippen LogP contribution in [-0.4, -0.2) is 21.3 Å². The minimum Gasteiger partial charge on any atom is -0.489 e. The first-order chi connectivity index (χ1) is 16.4. The molecule has 1 unspecified atom stereocenters. The van der Waals surface area contributed by atoms with E-state index in [2.05, 4.69) is 17.1 Å². The lowest BCUT2D eigenvalue weighted by atomic mass is 9.90. The second kappa shape index (κ2) is 9.36. The van der Waals surface area contributed by atoms with E-state index in [-0.39, 0.29) is 11.6 Å². The predicted octanol–water partition coefficient (Wildman–Crippen LogP) is 4.94. The summed E-state index contributed by atoms with van der Waals surface area (Å²) >= 11 is 5.98. The Hall–Kier alpha value is -4.17. The summed E-state index contributed by atoms with van der Waals surface area (Å²) in [5.41, 5.74) is 1.31. The Morgan fingerprint density at radius 3 is 2.38 bits per heavy atom. The average molecular weight is 473 g/mol. The van der Waals surface area contributed by atoms with Gasteiger partial charge in [-0.25, -0.2) is 9.37 Å². The molecule has 8 heteroatoms. The van der Waals surface area contributed by atoms with E-state index in [1.54, 1.807) is 72.7 Å². The van der Waals surface area contributed by atoms with Gasteiger partial charge in [-0.15, -0.1) is 0 Å². The minimum atomic E-state index is -1.61. The Morgan fingerprint density at radius 1 is 1.06 bits per heavy atom. The van der Waals surface area contributed by atoms with Gasteiger partial charge >= 0.3 is 0 Å². The van der Waals surface area contributed by atoms with Crippen molar-refractivity contribution in [1.82, 2.24) is 9.55 Å². The van der Waals surface area contributed by atoms with Crippen LogP contribution >= 0.6 is 11.6 Å². The third kappa shape index (κ3) is 4.35. The average Bonchev–Trinajstić information content (AvgIpc) is 3.30. The molecule has 6 nitrogen and oxygen atoms in total. The number of hydrogen-bond donors (Lipinski definition) is 1. The lowest BCUT2D eigenvalue weighted by Gasteiger charge is -2.29. The molecule has 4 rings (SSSR count). The lowest BCUT2D eigenvalue weighted by Crippen LogP contribution is -2.36. The standard InChI is InChI=1S/C26H18ClFN4O2/c1-32-16-31-14-25(32)26(33,20-6-2-17(12-29)3-7-20)15-34-24-9-4-18(13-30)10-21(24)19-5-8-23(28)22(27)11-19/h2-11,14,16,33H,15H2,1H3. The molecule has 0 radical (unpaired) electrons. The van der Waals surface area contributed by atoms with Gasteiger partial charge in [0, 0.05) is 12.6 Å². The largest absolute Gasteiger partial charge is 0.489 e. The Morgan fingerprint density at radius 2 is 1.76 bits per heavy atom. The minimum absolute atomic E-state index is 0.0604. The summed E-state index contributed by atoms with van der Waals surface area (Å²) in [6.45, 7) is -0.202. The van der Waals surface area contributed by atoms with Crippen molar-refractivity contribution in [2.24, 2.45) is 7.05 Å². The first kappa shape index (κ1) is 23.0. The third-order valence-corrected chi connectivity index (χ3v) is 5.80. The van der Waals surface area contributed by atoms with Crippen molar-refractivity contribution in [2.75, 3.05) is 6.61 Å². The van der Waals surface area contributed by atoms with E-state index in [0.29, 0.717) is 39.3 Å². The molecule has 0 aliphatic carbocycles. The van der Waals surface area contributed by atoms with Crippen molar-refractivity contribution in [1.29, 1.82) is 10.5 Å². The van der Waals surface area contributed by atoms with Crippen LogP contribution in [0.25, 0.3) is 11.1 Å². The van der Waals surface area contributed by atoms with E-state index in [0.717, 1.165) is 0 Å². The first-order valence-corrected chi connectivity index (χ1v) is 10.6. The molecule has 0 amide bonds. The normalized spacial score (nSPS) is 12.4. The molecular weight excluding hydrogens is 455 g/mol. The van der Waals surface area contributed by atoms with Crippen molar-refractivity contribution in [2.45, 2.75) is 5.60 Å². The molecule has 1 heterocycles. The molecule has 1 aromatic heterocycles. The molecule has 0 aliphatic heterocycles. The van der Waals surface area contributed by atoms with Crippen molar-refractivity contribution >= 4 is 11.6 Å². The SMILES string of the molecule is Cn1cncc1C(O)(COc1ccc(C#N)cc1-c1ccc(F)c(Cl)c1)c1ccc(C#N)cc1. The highest BCUT2D eigenvalue weighted by atomic mass is 35.5. The fourth-order valence-electron chi connectivity index (χ4n) is 3.68. The summed E-state index contributed by atoms with van der Waals surface area (Å²) in [5.74, 6) is -0.188. The van der Waals surface area contributed by atoms with Gasteiger partial charge in [0.25, 0.3) is 0 Å². The van der Waals surface area contributed by atoms with E-state index in [9.17, 15) is 14.8 Å². The Kier molecular flexibility index (Phi) is 6.34. The van der Waals surface area contributed by atoms with E-state index in [4.69, 9.17) is 21.6 Å². The van der Waals surface area contributed by atoms with Crippen LogP contribution in [0.1, 0.15) is 22.4 Å². The fourth-order valence-corrected chi connectivity index (χ4v) is 3.86. The van der Waals surface area contributed by atoms with Crippen LogP contribution in [0.2, 0.25) is 5.02 Å². The highest BCUT2D eigenvalue weighted by Gasteiger charge is 2.36. The van der Waals surface area contributed by atoms with Crippen LogP contribution in [0.4, 0.5) is 4.39 Å². The Labute approximate surface area is 200 Å². The van der Waals surface area contributed by atoms with Crippen LogP contribution < -0.4 is 4.74 Å². The van der Waals surface area contributed by atoms with Crippen molar-refractivity contribution < 1.29 is 14.2 Å². The number of aliphatic hydroxyl groups is 1. The van der Waals surface area contributed by atoms with Gasteiger partial charge in [-0.1, -0.05) is 29.8 Å². The molecule has 0 bridgehead atoms. The smallest absolute Gasteiger partial charge is 0.165 e.